The van der Waals surface area contributed by atoms with Crippen molar-refractivity contribution < 1.29 is 0 Å². The normalized spacial score (nSPS) is 25.7. The molecule has 2 heterocycles. The summed E-state index contributed by atoms with van der Waals surface area (Å²) in [6.45, 7) is 6.76. The maximum atomic E-state index is 4.78. The highest BCUT2D eigenvalue weighted by Crippen LogP contribution is 2.35. The molecule has 3 nitrogen and oxygen atoms in total. The maximum Gasteiger partial charge on any atom is 0.0640 e. The van der Waals surface area contributed by atoms with E-state index < -0.39 is 0 Å². The molecule has 1 aromatic heterocycles. The molecular formula is C16H29N3S2. The summed E-state index contributed by atoms with van der Waals surface area (Å²) in [6, 6.07) is 3.21. The van der Waals surface area contributed by atoms with Crippen LogP contribution in [0.2, 0.25) is 0 Å². The van der Waals surface area contributed by atoms with Crippen LogP contribution in [0.15, 0.2) is 12.3 Å². The second-order valence-electron chi connectivity index (χ2n) is 5.80. The molecule has 5 heteroatoms. The number of thioether (sulfide) groups is 2. The molecule has 2 rings (SSSR count). The zero-order chi connectivity index (χ0) is 15.2. The molecule has 4 atom stereocenters. The van der Waals surface area contributed by atoms with E-state index in [4.69, 9.17) is 5.10 Å². The molecule has 0 aliphatic carbocycles. The van der Waals surface area contributed by atoms with E-state index in [1.54, 1.807) is 0 Å². The molecule has 1 aliphatic heterocycles. The standard InChI is InChI=1S/C16H29N3S2/c1-5-12(3)19-8-7-13(18-19)11-14(17-4)16-15(6-2)20-9-10-21-16/h7-8,12,14-17H,5-6,9-11H2,1-4H3. The molecular weight excluding hydrogens is 298 g/mol. The summed E-state index contributed by atoms with van der Waals surface area (Å²) in [6.07, 6.45) is 5.57. The average Bonchev–Trinajstić information content (AvgIpc) is 3.00. The lowest BCUT2D eigenvalue weighted by Crippen LogP contribution is -2.45. The minimum Gasteiger partial charge on any atom is -0.315 e. The first-order valence-corrected chi connectivity index (χ1v) is 10.2. The molecule has 120 valence electrons. The van der Waals surface area contributed by atoms with Gasteiger partial charge >= 0.3 is 0 Å². The molecule has 0 amide bonds. The highest BCUT2D eigenvalue weighted by atomic mass is 32.2. The Morgan fingerprint density at radius 2 is 2.14 bits per heavy atom. The van der Waals surface area contributed by atoms with Crippen molar-refractivity contribution in [1.82, 2.24) is 15.1 Å². The molecule has 1 aliphatic rings. The maximum absolute atomic E-state index is 4.78. The molecule has 1 fully saturated rings. The van der Waals surface area contributed by atoms with Crippen molar-refractivity contribution >= 4 is 23.5 Å². The van der Waals surface area contributed by atoms with Crippen molar-refractivity contribution in [2.45, 2.75) is 62.6 Å². The quantitative estimate of drug-likeness (QED) is 0.828. The van der Waals surface area contributed by atoms with Gasteiger partial charge in [0.05, 0.1) is 5.69 Å². The zero-order valence-corrected chi connectivity index (χ0v) is 15.3. The number of nitrogens with one attached hydrogen (secondary N) is 1. The fourth-order valence-corrected chi connectivity index (χ4v) is 6.14. The van der Waals surface area contributed by atoms with Crippen molar-refractivity contribution in [3.63, 3.8) is 0 Å². The van der Waals surface area contributed by atoms with Gasteiger partial charge in [0.25, 0.3) is 0 Å². The van der Waals surface area contributed by atoms with Crippen molar-refractivity contribution in [3.05, 3.63) is 18.0 Å². The molecule has 0 radical (unpaired) electrons. The van der Waals surface area contributed by atoms with Crippen molar-refractivity contribution in [2.75, 3.05) is 18.6 Å². The molecule has 0 bridgehead atoms. The van der Waals surface area contributed by atoms with Crippen molar-refractivity contribution in [3.8, 4) is 0 Å². The molecule has 0 aromatic carbocycles. The minimum absolute atomic E-state index is 0.495. The van der Waals surface area contributed by atoms with E-state index in [0.717, 1.165) is 18.1 Å². The van der Waals surface area contributed by atoms with Gasteiger partial charge in [-0.15, -0.1) is 0 Å². The Labute approximate surface area is 138 Å². The van der Waals surface area contributed by atoms with E-state index in [0.29, 0.717) is 17.3 Å². The fraction of sp³-hybridized carbons (Fsp3) is 0.812. The van der Waals surface area contributed by atoms with Crippen LogP contribution in [0.25, 0.3) is 0 Å². The molecule has 1 aromatic rings. The Morgan fingerprint density at radius 3 is 2.81 bits per heavy atom. The van der Waals surface area contributed by atoms with Crippen LogP contribution in [-0.4, -0.2) is 44.9 Å². The van der Waals surface area contributed by atoms with Crippen LogP contribution in [0.5, 0.6) is 0 Å². The summed E-state index contributed by atoms with van der Waals surface area (Å²) in [5, 5.41) is 9.81. The largest absolute Gasteiger partial charge is 0.315 e. The lowest BCUT2D eigenvalue weighted by atomic mass is 10.0. The van der Waals surface area contributed by atoms with Gasteiger partial charge in [0.15, 0.2) is 0 Å². The summed E-state index contributed by atoms with van der Waals surface area (Å²) in [5.74, 6) is 2.59. The third-order valence-corrected chi connectivity index (χ3v) is 7.80. The van der Waals surface area contributed by atoms with Crippen LogP contribution >= 0.6 is 23.5 Å². The van der Waals surface area contributed by atoms with Crippen LogP contribution in [0.4, 0.5) is 0 Å². The van der Waals surface area contributed by atoms with E-state index in [9.17, 15) is 0 Å². The third kappa shape index (κ3) is 4.42. The Morgan fingerprint density at radius 1 is 1.38 bits per heavy atom. The Bertz CT molecular complexity index is 421. The number of nitrogens with zero attached hydrogens (tertiary/aromatic N) is 2. The van der Waals surface area contributed by atoms with E-state index >= 15 is 0 Å². The van der Waals surface area contributed by atoms with Crippen LogP contribution in [0.1, 0.15) is 45.3 Å². The summed E-state index contributed by atoms with van der Waals surface area (Å²) >= 11 is 4.30. The summed E-state index contributed by atoms with van der Waals surface area (Å²) in [5.41, 5.74) is 1.22. The summed E-state index contributed by atoms with van der Waals surface area (Å²) in [7, 11) is 2.10. The Hall–Kier alpha value is -0.130. The SMILES string of the molecule is CCC1SCCSC1C(Cc1ccn(C(C)CC)n1)NC. The van der Waals surface area contributed by atoms with Crippen LogP contribution in [0, 0.1) is 0 Å². The van der Waals surface area contributed by atoms with Gasteiger partial charge in [-0.2, -0.15) is 28.6 Å². The van der Waals surface area contributed by atoms with Gasteiger partial charge in [-0.05, 0) is 32.9 Å². The van der Waals surface area contributed by atoms with Crippen LogP contribution < -0.4 is 5.32 Å². The predicted octanol–water partition coefficient (Wildman–Crippen LogP) is 3.61. The van der Waals surface area contributed by atoms with Crippen molar-refractivity contribution in [1.29, 1.82) is 0 Å². The lowest BCUT2D eigenvalue weighted by Gasteiger charge is -2.35. The van der Waals surface area contributed by atoms with Gasteiger partial charge in [-0.3, -0.25) is 4.68 Å². The number of hydrogen-bond acceptors (Lipinski definition) is 4. The highest BCUT2D eigenvalue weighted by molar-refractivity contribution is 8.07. The Balaban J connectivity index is 2.02. The summed E-state index contributed by atoms with van der Waals surface area (Å²) in [4.78, 5) is 0. The second-order valence-corrected chi connectivity index (χ2v) is 8.43. The topological polar surface area (TPSA) is 29.9 Å². The fourth-order valence-electron chi connectivity index (χ4n) is 2.84. The van der Waals surface area contributed by atoms with E-state index in [-0.39, 0.29) is 0 Å². The number of aromatic nitrogens is 2. The number of hydrogen-bond donors (Lipinski definition) is 1. The first kappa shape index (κ1) is 17.2. The van der Waals surface area contributed by atoms with Gasteiger partial charge < -0.3 is 5.32 Å². The zero-order valence-electron chi connectivity index (χ0n) is 13.7. The van der Waals surface area contributed by atoms with E-state index in [1.165, 1.54) is 23.6 Å². The molecule has 21 heavy (non-hydrogen) atoms. The van der Waals surface area contributed by atoms with Gasteiger partial charge in [0, 0.05) is 46.7 Å². The molecule has 1 N–H and O–H groups in total. The lowest BCUT2D eigenvalue weighted by molar-refractivity contribution is 0.463. The molecule has 1 saturated heterocycles. The third-order valence-electron chi connectivity index (χ3n) is 4.40. The van der Waals surface area contributed by atoms with Gasteiger partial charge in [-0.1, -0.05) is 13.8 Å². The van der Waals surface area contributed by atoms with Crippen molar-refractivity contribution in [2.24, 2.45) is 0 Å². The first-order valence-electron chi connectivity index (χ1n) is 8.14. The molecule has 0 saturated carbocycles. The van der Waals surface area contributed by atoms with E-state index in [1.807, 2.05) is 0 Å². The van der Waals surface area contributed by atoms with Gasteiger partial charge in [0.1, 0.15) is 0 Å². The van der Waals surface area contributed by atoms with Crippen LogP contribution in [0.3, 0.4) is 0 Å². The minimum atomic E-state index is 0.495. The highest BCUT2D eigenvalue weighted by Gasteiger charge is 2.31. The average molecular weight is 328 g/mol. The summed E-state index contributed by atoms with van der Waals surface area (Å²) < 4.78 is 2.11. The Kier molecular flexibility index (Phi) is 6.96. The second kappa shape index (κ2) is 8.49. The first-order chi connectivity index (χ1) is 10.2. The molecule has 4 unspecified atom stereocenters. The monoisotopic (exact) mass is 327 g/mol. The van der Waals surface area contributed by atoms with Gasteiger partial charge in [-0.25, -0.2) is 0 Å². The van der Waals surface area contributed by atoms with E-state index in [2.05, 4.69) is 73.6 Å². The smallest absolute Gasteiger partial charge is 0.0640 e. The molecule has 0 spiro atoms. The van der Waals surface area contributed by atoms with Gasteiger partial charge in [0.2, 0.25) is 0 Å². The predicted molar refractivity (Wildman–Crippen MR) is 96.6 cm³/mol. The number of rotatable bonds is 7. The van der Waals surface area contributed by atoms with Crippen LogP contribution in [-0.2, 0) is 6.42 Å². The number of likely N-dealkylation sites (N-methyl/N-ethyl adjacent to an activating group) is 1.